The molecule has 3 N–H and O–H groups in total. The quantitative estimate of drug-likeness (QED) is 0.442. The number of aliphatic hydroxyl groups excluding tert-OH is 1. The number of hydrogen-bond acceptors (Lipinski definition) is 8. The molecule has 2 aromatic heterocycles. The summed E-state index contributed by atoms with van der Waals surface area (Å²) in [5.41, 5.74) is 1.61. The molecule has 0 spiro atoms. The van der Waals surface area contributed by atoms with Gasteiger partial charge in [-0.3, -0.25) is 14.7 Å². The first kappa shape index (κ1) is 24.8. The number of halogens is 2. The number of rotatable bonds is 7. The van der Waals surface area contributed by atoms with Crippen LogP contribution in [0.3, 0.4) is 0 Å². The smallest absolute Gasteiger partial charge is 0.235 e. The standard InChI is InChI=1S/C25H27F2N5O3S/c1-35-14-2-3-19-16(8-14)15(4-6-28-19)22(33)12-32-7-5-20(18(27)11-32)29-10-21-17(26)9-23-25(30-21)31-24(34)13-36-23/h2-4,6,8-9,18,20,22,29,33H,5,7,10-13H2,1H3,(H,30,31,34)/t18-,20+,22-/m0/s1. The normalized spacial score (nSPS) is 21.2. The van der Waals surface area contributed by atoms with Crippen molar-refractivity contribution in [2.75, 3.05) is 37.8 Å². The van der Waals surface area contributed by atoms with Crippen molar-refractivity contribution < 1.29 is 23.4 Å². The molecule has 2 aliphatic heterocycles. The Labute approximate surface area is 211 Å². The predicted octanol–water partition coefficient (Wildman–Crippen LogP) is 3.06. The van der Waals surface area contributed by atoms with Crippen molar-refractivity contribution in [3.8, 4) is 5.75 Å². The van der Waals surface area contributed by atoms with E-state index in [0.717, 1.165) is 10.9 Å². The predicted molar refractivity (Wildman–Crippen MR) is 133 cm³/mol. The highest BCUT2D eigenvalue weighted by Crippen LogP contribution is 2.31. The number of likely N-dealkylation sites (tertiary alicyclic amines) is 1. The van der Waals surface area contributed by atoms with E-state index in [9.17, 15) is 14.3 Å². The van der Waals surface area contributed by atoms with E-state index >= 15 is 4.39 Å². The Morgan fingerprint density at radius 3 is 3.03 bits per heavy atom. The van der Waals surface area contributed by atoms with Crippen LogP contribution >= 0.6 is 11.8 Å². The number of anilines is 1. The Hall–Kier alpha value is -2.86. The van der Waals surface area contributed by atoms with Gasteiger partial charge in [0.1, 0.15) is 23.6 Å². The van der Waals surface area contributed by atoms with Crippen molar-refractivity contribution in [1.82, 2.24) is 20.2 Å². The SMILES string of the molecule is COc1ccc2nccc([C@@H](O)CN3CC[C@@H](NCc4nc5c(cc4F)SCC(=O)N5)[C@@H](F)C3)c2c1. The minimum atomic E-state index is -1.20. The Kier molecular flexibility index (Phi) is 7.33. The number of nitrogens with zero attached hydrogens (tertiary/aromatic N) is 3. The van der Waals surface area contributed by atoms with Crippen molar-refractivity contribution in [3.05, 3.63) is 53.6 Å². The minimum absolute atomic E-state index is 0.0538. The van der Waals surface area contributed by atoms with E-state index < -0.39 is 24.1 Å². The maximum absolute atomic E-state index is 15.0. The van der Waals surface area contributed by atoms with Gasteiger partial charge in [-0.05, 0) is 48.9 Å². The highest BCUT2D eigenvalue weighted by molar-refractivity contribution is 8.00. The number of amides is 1. The molecule has 190 valence electrons. The fourth-order valence-electron chi connectivity index (χ4n) is 4.64. The van der Waals surface area contributed by atoms with Crippen molar-refractivity contribution in [3.63, 3.8) is 0 Å². The first-order valence-electron chi connectivity index (χ1n) is 11.7. The van der Waals surface area contributed by atoms with Crippen LogP contribution in [0.25, 0.3) is 10.9 Å². The molecular formula is C25H27F2N5O3S. The molecule has 5 rings (SSSR count). The molecule has 0 radical (unpaired) electrons. The van der Waals surface area contributed by atoms with Crippen LogP contribution in [0.5, 0.6) is 5.75 Å². The molecule has 0 unspecified atom stereocenters. The Morgan fingerprint density at radius 2 is 2.22 bits per heavy atom. The van der Waals surface area contributed by atoms with Crippen molar-refractivity contribution >= 4 is 34.4 Å². The van der Waals surface area contributed by atoms with Gasteiger partial charge >= 0.3 is 0 Å². The number of nitrogens with one attached hydrogen (secondary N) is 2. The second-order valence-corrected chi connectivity index (χ2v) is 9.97. The zero-order valence-electron chi connectivity index (χ0n) is 19.7. The summed E-state index contributed by atoms with van der Waals surface area (Å²) in [4.78, 5) is 22.7. The Balaban J connectivity index is 1.19. The van der Waals surface area contributed by atoms with Gasteiger partial charge < -0.3 is 20.5 Å². The zero-order valence-corrected chi connectivity index (χ0v) is 20.5. The Morgan fingerprint density at radius 1 is 1.36 bits per heavy atom. The molecule has 1 fully saturated rings. The molecule has 3 aromatic rings. The third-order valence-corrected chi connectivity index (χ3v) is 7.59. The van der Waals surface area contributed by atoms with Gasteiger partial charge in [-0.1, -0.05) is 0 Å². The van der Waals surface area contributed by atoms with Gasteiger partial charge in [-0.25, -0.2) is 13.8 Å². The Bertz CT molecular complexity index is 1280. The molecule has 1 aromatic carbocycles. The average molecular weight is 516 g/mol. The molecule has 2 aliphatic rings. The number of ether oxygens (including phenoxy) is 1. The summed E-state index contributed by atoms with van der Waals surface area (Å²) in [5, 5.41) is 17.5. The van der Waals surface area contributed by atoms with E-state index in [-0.39, 0.29) is 37.0 Å². The van der Waals surface area contributed by atoms with E-state index in [1.54, 1.807) is 19.4 Å². The molecule has 11 heteroatoms. The lowest BCUT2D eigenvalue weighted by Crippen LogP contribution is -2.51. The lowest BCUT2D eigenvalue weighted by atomic mass is 10.00. The van der Waals surface area contributed by atoms with Crippen LogP contribution < -0.4 is 15.4 Å². The first-order valence-corrected chi connectivity index (χ1v) is 12.7. The molecule has 8 nitrogen and oxygen atoms in total. The fourth-order valence-corrected chi connectivity index (χ4v) is 5.42. The van der Waals surface area contributed by atoms with Crippen molar-refractivity contribution in [2.24, 2.45) is 0 Å². The number of benzene rings is 1. The number of β-amino-alcohol motifs (C(OH)–C–C–N with tert-alkyl or cyclic N) is 1. The number of fused-ring (bicyclic) bond motifs is 2. The van der Waals surface area contributed by atoms with Crippen LogP contribution in [0.2, 0.25) is 0 Å². The summed E-state index contributed by atoms with van der Waals surface area (Å²) in [6.07, 6.45) is 0.134. The number of methoxy groups -OCH3 is 1. The summed E-state index contributed by atoms with van der Waals surface area (Å²) in [7, 11) is 1.58. The minimum Gasteiger partial charge on any atom is -0.497 e. The number of piperidine rings is 1. The summed E-state index contributed by atoms with van der Waals surface area (Å²) >= 11 is 1.24. The maximum atomic E-state index is 15.0. The average Bonchev–Trinajstić information content (AvgIpc) is 2.87. The van der Waals surface area contributed by atoms with E-state index in [2.05, 4.69) is 20.6 Å². The zero-order chi connectivity index (χ0) is 25.2. The number of carbonyl (C=O) groups excluding carboxylic acids is 1. The van der Waals surface area contributed by atoms with Crippen LogP contribution in [-0.4, -0.2) is 70.6 Å². The van der Waals surface area contributed by atoms with E-state index in [1.807, 2.05) is 23.1 Å². The van der Waals surface area contributed by atoms with Crippen LogP contribution in [0.4, 0.5) is 14.6 Å². The van der Waals surface area contributed by atoms with Crippen LogP contribution in [0.15, 0.2) is 41.4 Å². The number of carbonyl (C=O) groups is 1. The van der Waals surface area contributed by atoms with Gasteiger partial charge in [0.15, 0.2) is 0 Å². The number of aromatic nitrogens is 2. The summed E-state index contributed by atoms with van der Waals surface area (Å²) in [6.45, 7) is 1.06. The van der Waals surface area contributed by atoms with Crippen molar-refractivity contribution in [1.29, 1.82) is 0 Å². The second-order valence-electron chi connectivity index (χ2n) is 8.95. The molecule has 1 saturated heterocycles. The number of thioether (sulfide) groups is 1. The largest absolute Gasteiger partial charge is 0.497 e. The van der Waals surface area contributed by atoms with Gasteiger partial charge in [-0.2, -0.15) is 0 Å². The molecular weight excluding hydrogens is 488 g/mol. The molecule has 3 atom stereocenters. The molecule has 4 heterocycles. The summed E-state index contributed by atoms with van der Waals surface area (Å²) in [5.74, 6) is 0.584. The van der Waals surface area contributed by atoms with Crippen LogP contribution in [0.1, 0.15) is 23.8 Å². The fraction of sp³-hybridized carbons (Fsp3) is 0.400. The highest BCUT2D eigenvalue weighted by atomic mass is 32.2. The number of hydrogen-bond donors (Lipinski definition) is 3. The molecule has 36 heavy (non-hydrogen) atoms. The monoisotopic (exact) mass is 515 g/mol. The molecule has 1 amide bonds. The van der Waals surface area contributed by atoms with Gasteiger partial charge in [0.05, 0.1) is 35.1 Å². The van der Waals surface area contributed by atoms with Gasteiger partial charge in [0, 0.05) is 37.3 Å². The second kappa shape index (κ2) is 10.6. The van der Waals surface area contributed by atoms with Crippen molar-refractivity contribution in [2.45, 2.75) is 36.2 Å². The van der Waals surface area contributed by atoms with Crippen LogP contribution in [0, 0.1) is 5.82 Å². The van der Waals surface area contributed by atoms with E-state index in [1.165, 1.54) is 17.8 Å². The van der Waals surface area contributed by atoms with Gasteiger partial charge in [0.25, 0.3) is 0 Å². The topological polar surface area (TPSA) is 99.6 Å². The number of aliphatic hydroxyl groups is 1. The third kappa shape index (κ3) is 5.29. The van der Waals surface area contributed by atoms with E-state index in [4.69, 9.17) is 4.74 Å². The van der Waals surface area contributed by atoms with Gasteiger partial charge in [-0.15, -0.1) is 11.8 Å². The lowest BCUT2D eigenvalue weighted by Gasteiger charge is -2.36. The van der Waals surface area contributed by atoms with E-state index in [0.29, 0.717) is 35.0 Å². The highest BCUT2D eigenvalue weighted by Gasteiger charge is 2.31. The van der Waals surface area contributed by atoms with Gasteiger partial charge in [0.2, 0.25) is 5.91 Å². The lowest BCUT2D eigenvalue weighted by molar-refractivity contribution is -0.113. The molecule has 0 aliphatic carbocycles. The maximum Gasteiger partial charge on any atom is 0.235 e. The molecule has 0 saturated carbocycles. The number of alkyl halides is 1. The number of pyridine rings is 2. The molecule has 0 bridgehead atoms. The van der Waals surface area contributed by atoms with Crippen LogP contribution in [-0.2, 0) is 11.3 Å². The first-order chi connectivity index (χ1) is 17.4. The third-order valence-electron chi connectivity index (χ3n) is 6.56. The summed E-state index contributed by atoms with van der Waals surface area (Å²) in [6, 6.07) is 8.16. The summed E-state index contributed by atoms with van der Waals surface area (Å²) < 4.78 is 34.8.